The number of nitrogens with one attached hydrogen (secondary N) is 1. The lowest BCUT2D eigenvalue weighted by molar-refractivity contribution is -0.143. The number of ether oxygens (including phenoxy) is 2. The second-order valence-electron chi connectivity index (χ2n) is 3.90. The number of hydrogen-bond acceptors (Lipinski definition) is 5. The van der Waals surface area contributed by atoms with E-state index in [1.807, 2.05) is 36.4 Å². The van der Waals surface area contributed by atoms with Gasteiger partial charge in [-0.1, -0.05) is 30.3 Å². The molecule has 0 aromatic heterocycles. The van der Waals surface area contributed by atoms with Crippen molar-refractivity contribution in [3.8, 4) is 6.07 Å². The molecule has 0 aliphatic heterocycles. The molecule has 1 N–H and O–H groups in total. The summed E-state index contributed by atoms with van der Waals surface area (Å²) in [6.07, 6.45) is -0.949. The Labute approximate surface area is 117 Å². The summed E-state index contributed by atoms with van der Waals surface area (Å²) in [5, 5.41) is 11.2. The van der Waals surface area contributed by atoms with Gasteiger partial charge in [-0.05, 0) is 12.5 Å². The summed E-state index contributed by atoms with van der Waals surface area (Å²) >= 11 is 0. The SMILES string of the molecule is CCOC(=O)CC(C#N)NC(=O)OCc1ccccc1. The van der Waals surface area contributed by atoms with Crippen LogP contribution >= 0.6 is 0 Å². The maximum atomic E-state index is 11.5. The van der Waals surface area contributed by atoms with Gasteiger partial charge in [0, 0.05) is 0 Å². The minimum absolute atomic E-state index is 0.101. The molecular formula is C14H16N2O4. The number of carbonyl (C=O) groups excluding carboxylic acids is 2. The summed E-state index contributed by atoms with van der Waals surface area (Å²) in [5.74, 6) is -0.539. The van der Waals surface area contributed by atoms with Gasteiger partial charge in [0.2, 0.25) is 0 Å². The molecule has 1 aromatic rings. The number of rotatable bonds is 6. The van der Waals surface area contributed by atoms with Crippen LogP contribution in [0.4, 0.5) is 4.79 Å². The Kier molecular flexibility index (Phi) is 6.62. The summed E-state index contributed by atoms with van der Waals surface area (Å²) in [4.78, 5) is 22.7. The predicted molar refractivity (Wildman–Crippen MR) is 70.4 cm³/mol. The molecule has 0 fully saturated rings. The lowest BCUT2D eigenvalue weighted by atomic mass is 10.2. The number of alkyl carbamates (subject to hydrolysis) is 1. The quantitative estimate of drug-likeness (QED) is 0.800. The number of nitrogens with zero attached hydrogens (tertiary/aromatic N) is 1. The van der Waals surface area contributed by atoms with E-state index in [1.54, 1.807) is 6.92 Å². The highest BCUT2D eigenvalue weighted by atomic mass is 16.5. The largest absolute Gasteiger partial charge is 0.466 e. The fraction of sp³-hybridized carbons (Fsp3) is 0.357. The molecular weight excluding hydrogens is 260 g/mol. The smallest absolute Gasteiger partial charge is 0.408 e. The minimum atomic E-state index is -0.961. The van der Waals surface area contributed by atoms with E-state index in [1.165, 1.54) is 0 Å². The molecule has 0 saturated heterocycles. The summed E-state index contributed by atoms with van der Waals surface area (Å²) in [7, 11) is 0. The van der Waals surface area contributed by atoms with Crippen molar-refractivity contribution < 1.29 is 19.1 Å². The lowest BCUT2D eigenvalue weighted by Crippen LogP contribution is -2.36. The standard InChI is InChI=1S/C14H16N2O4/c1-2-19-13(17)8-12(9-15)16-14(18)20-10-11-6-4-3-5-7-11/h3-7,12H,2,8,10H2,1H3,(H,16,18). The van der Waals surface area contributed by atoms with E-state index in [-0.39, 0.29) is 19.6 Å². The van der Waals surface area contributed by atoms with Gasteiger partial charge in [0.15, 0.2) is 0 Å². The molecule has 6 heteroatoms. The van der Waals surface area contributed by atoms with Gasteiger partial charge in [-0.15, -0.1) is 0 Å². The number of amides is 1. The van der Waals surface area contributed by atoms with Gasteiger partial charge in [-0.25, -0.2) is 4.79 Å². The van der Waals surface area contributed by atoms with Crippen molar-refractivity contribution >= 4 is 12.1 Å². The van der Waals surface area contributed by atoms with Gasteiger partial charge in [0.25, 0.3) is 0 Å². The van der Waals surface area contributed by atoms with Crippen molar-refractivity contribution in [3.63, 3.8) is 0 Å². The van der Waals surface area contributed by atoms with Crippen LogP contribution in [-0.4, -0.2) is 24.7 Å². The highest BCUT2D eigenvalue weighted by Gasteiger charge is 2.17. The van der Waals surface area contributed by atoms with Crippen LogP contribution in [0.2, 0.25) is 0 Å². The Morgan fingerprint density at radius 1 is 1.30 bits per heavy atom. The van der Waals surface area contributed by atoms with Crippen LogP contribution in [0.3, 0.4) is 0 Å². The summed E-state index contributed by atoms with van der Waals surface area (Å²) in [6, 6.07) is 9.99. The van der Waals surface area contributed by atoms with E-state index < -0.39 is 18.1 Å². The first-order chi connectivity index (χ1) is 9.65. The van der Waals surface area contributed by atoms with Gasteiger partial charge in [-0.3, -0.25) is 4.79 Å². The fourth-order valence-electron chi connectivity index (χ4n) is 1.42. The average molecular weight is 276 g/mol. The molecule has 0 aliphatic rings. The zero-order chi connectivity index (χ0) is 14.8. The third-order valence-corrected chi connectivity index (χ3v) is 2.34. The Morgan fingerprint density at radius 3 is 2.60 bits per heavy atom. The van der Waals surface area contributed by atoms with Crippen LogP contribution in [0.15, 0.2) is 30.3 Å². The second-order valence-corrected chi connectivity index (χ2v) is 3.90. The van der Waals surface area contributed by atoms with Crippen molar-refractivity contribution in [3.05, 3.63) is 35.9 Å². The summed E-state index contributed by atoms with van der Waals surface area (Å²) in [6.45, 7) is 2.00. The molecule has 0 saturated carbocycles. The molecule has 1 atom stereocenters. The van der Waals surface area contributed by atoms with Gasteiger partial charge < -0.3 is 14.8 Å². The number of benzene rings is 1. The molecule has 6 nitrogen and oxygen atoms in total. The third kappa shape index (κ3) is 5.87. The highest BCUT2D eigenvalue weighted by Crippen LogP contribution is 2.01. The molecule has 0 radical (unpaired) electrons. The first-order valence-corrected chi connectivity index (χ1v) is 6.18. The zero-order valence-electron chi connectivity index (χ0n) is 11.2. The molecule has 20 heavy (non-hydrogen) atoms. The van der Waals surface area contributed by atoms with Crippen LogP contribution in [0.1, 0.15) is 18.9 Å². The van der Waals surface area contributed by atoms with E-state index in [0.717, 1.165) is 5.56 Å². The van der Waals surface area contributed by atoms with Gasteiger partial charge >= 0.3 is 12.1 Å². The molecule has 0 heterocycles. The van der Waals surface area contributed by atoms with E-state index in [2.05, 4.69) is 5.32 Å². The van der Waals surface area contributed by atoms with Crippen molar-refractivity contribution in [2.45, 2.75) is 26.0 Å². The van der Waals surface area contributed by atoms with Crippen molar-refractivity contribution in [2.75, 3.05) is 6.61 Å². The van der Waals surface area contributed by atoms with Gasteiger partial charge in [0.05, 0.1) is 19.1 Å². The fourth-order valence-corrected chi connectivity index (χ4v) is 1.42. The monoisotopic (exact) mass is 276 g/mol. The first kappa shape index (κ1) is 15.5. The van der Waals surface area contributed by atoms with E-state index in [4.69, 9.17) is 14.7 Å². The Balaban J connectivity index is 2.36. The molecule has 106 valence electrons. The maximum absolute atomic E-state index is 11.5. The van der Waals surface area contributed by atoms with Crippen molar-refractivity contribution in [2.24, 2.45) is 0 Å². The normalized spacial score (nSPS) is 11.0. The molecule has 1 aromatic carbocycles. The topological polar surface area (TPSA) is 88.4 Å². The van der Waals surface area contributed by atoms with Crippen LogP contribution in [0.5, 0.6) is 0 Å². The Morgan fingerprint density at radius 2 is 2.00 bits per heavy atom. The highest BCUT2D eigenvalue weighted by molar-refractivity contribution is 5.73. The number of nitriles is 1. The number of carbonyl (C=O) groups is 2. The molecule has 1 amide bonds. The van der Waals surface area contributed by atoms with Crippen molar-refractivity contribution in [1.29, 1.82) is 5.26 Å². The van der Waals surface area contributed by atoms with Crippen molar-refractivity contribution in [1.82, 2.24) is 5.32 Å². The molecule has 0 bridgehead atoms. The van der Waals surface area contributed by atoms with E-state index >= 15 is 0 Å². The lowest BCUT2D eigenvalue weighted by Gasteiger charge is -2.11. The van der Waals surface area contributed by atoms with Crippen LogP contribution < -0.4 is 5.32 Å². The average Bonchev–Trinajstić information content (AvgIpc) is 2.45. The molecule has 0 spiro atoms. The number of esters is 1. The van der Waals surface area contributed by atoms with E-state index in [0.29, 0.717) is 0 Å². The number of hydrogen-bond donors (Lipinski definition) is 1. The van der Waals surface area contributed by atoms with Crippen LogP contribution in [0.25, 0.3) is 0 Å². The van der Waals surface area contributed by atoms with Gasteiger partial charge in [-0.2, -0.15) is 5.26 Å². The summed E-state index contributed by atoms with van der Waals surface area (Å²) < 4.78 is 9.65. The Hall–Kier alpha value is -2.55. The maximum Gasteiger partial charge on any atom is 0.408 e. The molecule has 1 unspecified atom stereocenters. The predicted octanol–water partition coefficient (Wildman–Crippen LogP) is 1.76. The van der Waals surface area contributed by atoms with Crippen LogP contribution in [0, 0.1) is 11.3 Å². The summed E-state index contributed by atoms with van der Waals surface area (Å²) in [5.41, 5.74) is 0.835. The van der Waals surface area contributed by atoms with Gasteiger partial charge in [0.1, 0.15) is 12.6 Å². The molecule has 0 aliphatic carbocycles. The van der Waals surface area contributed by atoms with Crippen LogP contribution in [-0.2, 0) is 20.9 Å². The van der Waals surface area contributed by atoms with E-state index in [9.17, 15) is 9.59 Å². The second kappa shape index (κ2) is 8.53. The third-order valence-electron chi connectivity index (χ3n) is 2.34. The first-order valence-electron chi connectivity index (χ1n) is 6.18. The molecule has 1 rings (SSSR count). The Bertz CT molecular complexity index is 482. The zero-order valence-corrected chi connectivity index (χ0v) is 11.2. The minimum Gasteiger partial charge on any atom is -0.466 e.